The highest BCUT2D eigenvalue weighted by atomic mass is 32.2. The van der Waals surface area contributed by atoms with Gasteiger partial charge in [0.05, 0.1) is 4.90 Å². The molecule has 2 rings (SSSR count). The van der Waals surface area contributed by atoms with E-state index in [-0.39, 0.29) is 0 Å². The Morgan fingerprint density at radius 3 is 2.57 bits per heavy atom. The predicted molar refractivity (Wildman–Crippen MR) is 87.1 cm³/mol. The molecular formula is C16H26N2O2S. The van der Waals surface area contributed by atoms with Gasteiger partial charge in [0, 0.05) is 12.2 Å². The fourth-order valence-electron chi connectivity index (χ4n) is 3.01. The molecule has 1 aliphatic rings. The summed E-state index contributed by atoms with van der Waals surface area (Å²) in [6.07, 6.45) is 7.96. The first-order chi connectivity index (χ1) is 10.0. The first-order valence-electron chi connectivity index (χ1n) is 7.81. The summed E-state index contributed by atoms with van der Waals surface area (Å²) < 4.78 is 26.3. The molecule has 0 aliphatic heterocycles. The maximum atomic E-state index is 12.0. The monoisotopic (exact) mass is 310 g/mol. The van der Waals surface area contributed by atoms with Crippen LogP contribution < -0.4 is 10.0 Å². The Morgan fingerprint density at radius 2 is 1.90 bits per heavy atom. The second-order valence-corrected chi connectivity index (χ2v) is 7.76. The van der Waals surface area contributed by atoms with Crippen molar-refractivity contribution in [3.63, 3.8) is 0 Å². The van der Waals surface area contributed by atoms with E-state index in [0.29, 0.717) is 4.90 Å². The smallest absolute Gasteiger partial charge is 0.240 e. The average Bonchev–Trinajstić information content (AvgIpc) is 2.50. The molecule has 0 atom stereocenters. The van der Waals surface area contributed by atoms with Crippen LogP contribution in [0.4, 0.5) is 5.69 Å². The van der Waals surface area contributed by atoms with E-state index in [1.54, 1.807) is 6.07 Å². The summed E-state index contributed by atoms with van der Waals surface area (Å²) in [5.74, 6) is 0.831. The molecule has 1 aromatic rings. The van der Waals surface area contributed by atoms with E-state index < -0.39 is 10.0 Å². The van der Waals surface area contributed by atoms with Crippen LogP contribution in [0.5, 0.6) is 0 Å². The molecule has 0 amide bonds. The molecule has 0 spiro atoms. The zero-order valence-electron chi connectivity index (χ0n) is 13.0. The molecule has 0 unspecified atom stereocenters. The lowest BCUT2D eigenvalue weighted by Gasteiger charge is -2.21. The number of anilines is 1. The van der Waals surface area contributed by atoms with Crippen LogP contribution in [0.1, 0.15) is 44.1 Å². The largest absolute Gasteiger partial charge is 0.385 e. The zero-order chi connectivity index (χ0) is 15.3. The van der Waals surface area contributed by atoms with Crippen LogP contribution in [0.3, 0.4) is 0 Å². The van der Waals surface area contributed by atoms with Gasteiger partial charge in [-0.05, 0) is 44.0 Å². The topological polar surface area (TPSA) is 58.2 Å². The minimum Gasteiger partial charge on any atom is -0.385 e. The molecule has 0 aromatic heterocycles. The Kier molecular flexibility index (Phi) is 5.65. The normalized spacial score (nSPS) is 16.9. The van der Waals surface area contributed by atoms with Gasteiger partial charge in [0.2, 0.25) is 10.0 Å². The second kappa shape index (κ2) is 7.27. The number of hydrogen-bond donors (Lipinski definition) is 2. The van der Waals surface area contributed by atoms with Crippen LogP contribution in [-0.2, 0) is 10.0 Å². The Morgan fingerprint density at radius 1 is 1.19 bits per heavy atom. The molecule has 21 heavy (non-hydrogen) atoms. The van der Waals surface area contributed by atoms with Crippen molar-refractivity contribution < 1.29 is 8.42 Å². The molecule has 1 aromatic carbocycles. The van der Waals surface area contributed by atoms with Crippen LogP contribution >= 0.6 is 0 Å². The molecule has 1 aliphatic carbocycles. The minimum atomic E-state index is -3.39. The number of nitrogens with one attached hydrogen (secondary N) is 2. The van der Waals surface area contributed by atoms with Gasteiger partial charge in [-0.3, -0.25) is 0 Å². The lowest BCUT2D eigenvalue weighted by molar-refractivity contribution is 0.345. The van der Waals surface area contributed by atoms with Crippen LogP contribution in [0.15, 0.2) is 23.1 Å². The highest BCUT2D eigenvalue weighted by molar-refractivity contribution is 7.89. The fraction of sp³-hybridized carbons (Fsp3) is 0.625. The van der Waals surface area contributed by atoms with Gasteiger partial charge in [0.1, 0.15) is 0 Å². The summed E-state index contributed by atoms with van der Waals surface area (Å²) in [6.45, 7) is 2.72. The highest BCUT2D eigenvalue weighted by Crippen LogP contribution is 2.26. The Labute approximate surface area is 128 Å². The summed E-state index contributed by atoms with van der Waals surface area (Å²) in [5.41, 5.74) is 1.65. The Hall–Kier alpha value is -1.07. The van der Waals surface area contributed by atoms with Crippen molar-refractivity contribution in [1.29, 1.82) is 0 Å². The number of rotatable bonds is 6. The Bertz CT molecular complexity index is 564. The van der Waals surface area contributed by atoms with Crippen molar-refractivity contribution in [3.8, 4) is 0 Å². The molecule has 4 nitrogen and oxygen atoms in total. The first-order valence-corrected chi connectivity index (χ1v) is 9.29. The van der Waals surface area contributed by atoms with E-state index in [1.165, 1.54) is 45.6 Å². The highest BCUT2D eigenvalue weighted by Gasteiger charge is 2.16. The van der Waals surface area contributed by atoms with Crippen molar-refractivity contribution in [3.05, 3.63) is 23.8 Å². The summed E-state index contributed by atoms with van der Waals surface area (Å²) in [7, 11) is -1.94. The van der Waals surface area contributed by atoms with Crippen LogP contribution in [0, 0.1) is 12.8 Å². The van der Waals surface area contributed by atoms with Gasteiger partial charge in [0.15, 0.2) is 0 Å². The molecule has 0 saturated heterocycles. The molecule has 0 radical (unpaired) electrons. The van der Waals surface area contributed by atoms with Crippen LogP contribution in [0.2, 0.25) is 0 Å². The van der Waals surface area contributed by atoms with Crippen molar-refractivity contribution >= 4 is 15.7 Å². The maximum Gasteiger partial charge on any atom is 0.240 e. The van der Waals surface area contributed by atoms with E-state index in [0.717, 1.165) is 23.7 Å². The average molecular weight is 310 g/mol. The molecule has 0 bridgehead atoms. The van der Waals surface area contributed by atoms with Gasteiger partial charge in [0.25, 0.3) is 0 Å². The third-order valence-corrected chi connectivity index (χ3v) is 5.91. The standard InChI is InChI=1S/C16H26N2O2S/c1-13-8-9-15(12-16(13)21(19,20)17-2)18-11-10-14-6-4-3-5-7-14/h8-9,12,14,17-18H,3-7,10-11H2,1-2H3. The molecule has 2 N–H and O–H groups in total. The van der Waals surface area contributed by atoms with Gasteiger partial charge in [-0.1, -0.05) is 38.2 Å². The number of aryl methyl sites for hydroxylation is 1. The third kappa shape index (κ3) is 4.45. The van der Waals surface area contributed by atoms with Crippen molar-refractivity contribution in [1.82, 2.24) is 4.72 Å². The second-order valence-electron chi connectivity index (χ2n) is 5.91. The summed E-state index contributed by atoms with van der Waals surface area (Å²) in [4.78, 5) is 0.354. The molecule has 1 saturated carbocycles. The minimum absolute atomic E-state index is 0.354. The summed E-state index contributed by atoms with van der Waals surface area (Å²) >= 11 is 0. The van der Waals surface area contributed by atoms with E-state index >= 15 is 0 Å². The lowest BCUT2D eigenvalue weighted by Crippen LogP contribution is -2.20. The molecule has 1 fully saturated rings. The number of sulfonamides is 1. The fourth-order valence-corrected chi connectivity index (χ4v) is 4.00. The van der Waals surface area contributed by atoms with Gasteiger partial charge >= 0.3 is 0 Å². The van der Waals surface area contributed by atoms with Crippen LogP contribution in [-0.4, -0.2) is 22.0 Å². The lowest BCUT2D eigenvalue weighted by atomic mass is 9.87. The number of benzene rings is 1. The van der Waals surface area contributed by atoms with Crippen molar-refractivity contribution in [2.45, 2.75) is 50.3 Å². The van der Waals surface area contributed by atoms with Gasteiger partial charge in [-0.15, -0.1) is 0 Å². The first kappa shape index (κ1) is 16.3. The van der Waals surface area contributed by atoms with E-state index in [1.807, 2.05) is 19.1 Å². The van der Waals surface area contributed by atoms with Crippen molar-refractivity contribution in [2.24, 2.45) is 5.92 Å². The quantitative estimate of drug-likeness (QED) is 0.847. The van der Waals surface area contributed by atoms with Crippen molar-refractivity contribution in [2.75, 3.05) is 18.9 Å². The van der Waals surface area contributed by atoms with Gasteiger partial charge < -0.3 is 5.32 Å². The molecule has 0 heterocycles. The SMILES string of the molecule is CNS(=O)(=O)c1cc(NCCC2CCCCC2)ccc1C. The van der Waals surface area contributed by atoms with E-state index in [2.05, 4.69) is 10.0 Å². The molecular weight excluding hydrogens is 284 g/mol. The predicted octanol–water partition coefficient (Wildman–Crippen LogP) is 3.29. The molecule has 118 valence electrons. The number of hydrogen-bond acceptors (Lipinski definition) is 3. The summed E-state index contributed by atoms with van der Waals surface area (Å²) in [5, 5.41) is 3.36. The van der Waals surface area contributed by atoms with Crippen LogP contribution in [0.25, 0.3) is 0 Å². The maximum absolute atomic E-state index is 12.0. The zero-order valence-corrected chi connectivity index (χ0v) is 13.8. The van der Waals surface area contributed by atoms with Gasteiger partial charge in [-0.2, -0.15) is 0 Å². The Balaban J connectivity index is 1.96. The summed E-state index contributed by atoms with van der Waals surface area (Å²) in [6, 6.07) is 5.53. The molecule has 5 heteroatoms. The van der Waals surface area contributed by atoms with E-state index in [9.17, 15) is 8.42 Å². The third-order valence-electron chi connectivity index (χ3n) is 4.35. The van der Waals surface area contributed by atoms with Gasteiger partial charge in [-0.25, -0.2) is 13.1 Å². The van der Waals surface area contributed by atoms with E-state index in [4.69, 9.17) is 0 Å².